The Labute approximate surface area is 239 Å². The van der Waals surface area contributed by atoms with Crippen molar-refractivity contribution in [3.63, 3.8) is 0 Å². The Morgan fingerprint density at radius 2 is 1.74 bits per heavy atom. The van der Waals surface area contributed by atoms with Crippen LogP contribution in [0.4, 0.5) is 22.0 Å². The summed E-state index contributed by atoms with van der Waals surface area (Å²) in [5, 5.41) is 9.91. The quantitative estimate of drug-likeness (QED) is 0.251. The lowest BCUT2D eigenvalue weighted by Gasteiger charge is -2.32. The molecule has 2 aliphatic rings. The second-order valence-corrected chi connectivity index (χ2v) is 11.7. The van der Waals surface area contributed by atoms with Gasteiger partial charge in [-0.1, -0.05) is 6.07 Å². The molecule has 2 amide bonds. The van der Waals surface area contributed by atoms with Crippen LogP contribution in [0.1, 0.15) is 105 Å². The van der Waals surface area contributed by atoms with Gasteiger partial charge in [0.2, 0.25) is 17.7 Å². The standard InChI is InChI=1S/C29H34F5N5O3/c1-16(2)39-21(10-14-35-39)26(41)38-25(18-7-11-28(30,31)12-8-18)27-36-20-15-19(5-6-22(20)42-27)24(17-3-4-17)37-23(40)9-13-29(32,33)34/h5-6,10,14-18,24-25H,3-4,7-9,11-13H2,1-2H3,(H,37,40)(H,38,41)/t24-,25-/m0/s1. The maximum atomic E-state index is 14.0. The maximum Gasteiger partial charge on any atom is 0.389 e. The Morgan fingerprint density at radius 1 is 1.05 bits per heavy atom. The molecule has 5 rings (SSSR count). The third-order valence-electron chi connectivity index (χ3n) is 8.01. The molecule has 2 aliphatic carbocycles. The van der Waals surface area contributed by atoms with E-state index in [4.69, 9.17) is 4.42 Å². The van der Waals surface area contributed by atoms with Gasteiger partial charge in [0.25, 0.3) is 5.91 Å². The summed E-state index contributed by atoms with van der Waals surface area (Å²) in [4.78, 5) is 30.3. The van der Waals surface area contributed by atoms with Gasteiger partial charge in [-0.3, -0.25) is 14.3 Å². The molecule has 0 radical (unpaired) electrons. The van der Waals surface area contributed by atoms with Crippen LogP contribution in [-0.2, 0) is 4.79 Å². The fourth-order valence-electron chi connectivity index (χ4n) is 5.59. The number of oxazole rings is 1. The molecule has 228 valence electrons. The molecular weight excluding hydrogens is 561 g/mol. The van der Waals surface area contributed by atoms with Gasteiger partial charge in [-0.2, -0.15) is 18.3 Å². The van der Waals surface area contributed by atoms with E-state index in [0.717, 1.165) is 12.8 Å². The summed E-state index contributed by atoms with van der Waals surface area (Å²) in [6.07, 6.45) is -3.37. The van der Waals surface area contributed by atoms with E-state index in [2.05, 4.69) is 20.7 Å². The average molecular weight is 596 g/mol. The third kappa shape index (κ3) is 7.09. The van der Waals surface area contributed by atoms with Gasteiger partial charge in [-0.25, -0.2) is 13.8 Å². The van der Waals surface area contributed by atoms with Crippen LogP contribution in [-0.4, -0.2) is 38.7 Å². The third-order valence-corrected chi connectivity index (χ3v) is 8.01. The topological polar surface area (TPSA) is 102 Å². The van der Waals surface area contributed by atoms with Crippen LogP contribution in [0, 0.1) is 11.8 Å². The summed E-state index contributed by atoms with van der Waals surface area (Å²) in [5.74, 6) is -3.93. The number of hydrogen-bond donors (Lipinski definition) is 2. The lowest BCUT2D eigenvalue weighted by atomic mass is 9.82. The van der Waals surface area contributed by atoms with Crippen molar-refractivity contribution in [3.8, 4) is 0 Å². The second kappa shape index (κ2) is 11.6. The summed E-state index contributed by atoms with van der Waals surface area (Å²) in [7, 11) is 0. The van der Waals surface area contributed by atoms with Crippen molar-refractivity contribution >= 4 is 22.9 Å². The van der Waals surface area contributed by atoms with Crippen LogP contribution in [0.2, 0.25) is 0 Å². The number of carbonyl (C=O) groups excluding carboxylic acids is 2. The number of benzene rings is 1. The van der Waals surface area contributed by atoms with Crippen LogP contribution in [0.3, 0.4) is 0 Å². The molecule has 2 fully saturated rings. The molecule has 0 aliphatic heterocycles. The van der Waals surface area contributed by atoms with Crippen molar-refractivity contribution in [1.82, 2.24) is 25.4 Å². The lowest BCUT2D eigenvalue weighted by Crippen LogP contribution is -2.38. The zero-order valence-corrected chi connectivity index (χ0v) is 23.4. The van der Waals surface area contributed by atoms with Gasteiger partial charge in [-0.05, 0) is 75.1 Å². The van der Waals surface area contributed by atoms with Gasteiger partial charge >= 0.3 is 6.18 Å². The molecule has 13 heteroatoms. The van der Waals surface area contributed by atoms with Crippen LogP contribution in [0.25, 0.3) is 11.1 Å². The number of carbonyl (C=O) groups is 2. The van der Waals surface area contributed by atoms with Gasteiger partial charge in [0, 0.05) is 31.5 Å². The number of fused-ring (bicyclic) bond motifs is 1. The van der Waals surface area contributed by atoms with E-state index in [1.54, 1.807) is 28.9 Å². The molecule has 2 N–H and O–H groups in total. The Kier molecular flexibility index (Phi) is 8.30. The van der Waals surface area contributed by atoms with E-state index in [1.807, 2.05) is 13.8 Å². The first kappa shape index (κ1) is 30.0. The first-order chi connectivity index (χ1) is 19.8. The van der Waals surface area contributed by atoms with E-state index < -0.39 is 48.8 Å². The predicted molar refractivity (Wildman–Crippen MR) is 143 cm³/mol. The fourth-order valence-corrected chi connectivity index (χ4v) is 5.59. The van der Waals surface area contributed by atoms with Crippen molar-refractivity contribution in [2.24, 2.45) is 11.8 Å². The van der Waals surface area contributed by atoms with Crippen LogP contribution in [0.15, 0.2) is 34.9 Å². The number of nitrogens with one attached hydrogen (secondary N) is 2. The highest BCUT2D eigenvalue weighted by molar-refractivity contribution is 5.92. The zero-order valence-electron chi connectivity index (χ0n) is 23.4. The molecule has 0 bridgehead atoms. The van der Waals surface area contributed by atoms with Crippen LogP contribution >= 0.6 is 0 Å². The number of halogens is 5. The Bertz CT molecular complexity index is 1420. The fraction of sp³-hybridized carbons (Fsp3) is 0.586. The van der Waals surface area contributed by atoms with Gasteiger partial charge in [0.05, 0.1) is 12.5 Å². The Morgan fingerprint density at radius 3 is 2.38 bits per heavy atom. The number of nitrogens with zero attached hydrogens (tertiary/aromatic N) is 3. The number of hydrogen-bond acceptors (Lipinski definition) is 5. The molecule has 2 aromatic heterocycles. The maximum absolute atomic E-state index is 14.0. The molecule has 1 aromatic carbocycles. The monoisotopic (exact) mass is 595 g/mol. The average Bonchev–Trinajstić information content (AvgIpc) is 3.47. The number of rotatable bonds is 10. The molecule has 42 heavy (non-hydrogen) atoms. The molecule has 0 spiro atoms. The van der Waals surface area contributed by atoms with Crippen molar-refractivity contribution in [2.45, 2.75) is 95.4 Å². The highest BCUT2D eigenvalue weighted by Gasteiger charge is 2.41. The number of alkyl halides is 5. The van der Waals surface area contributed by atoms with Gasteiger partial charge in [-0.15, -0.1) is 0 Å². The first-order valence-electron chi connectivity index (χ1n) is 14.3. The summed E-state index contributed by atoms with van der Waals surface area (Å²) in [6, 6.07) is 5.38. The van der Waals surface area contributed by atoms with Crippen molar-refractivity contribution in [2.75, 3.05) is 0 Å². The summed E-state index contributed by atoms with van der Waals surface area (Å²) >= 11 is 0. The Hall–Kier alpha value is -3.51. The van der Waals surface area contributed by atoms with E-state index in [0.29, 0.717) is 22.4 Å². The molecule has 8 nitrogen and oxygen atoms in total. The largest absolute Gasteiger partial charge is 0.438 e. The van der Waals surface area contributed by atoms with Gasteiger partial charge in [0.15, 0.2) is 5.58 Å². The predicted octanol–water partition coefficient (Wildman–Crippen LogP) is 6.81. The normalized spacial score (nSPS) is 19.1. The molecule has 3 aromatic rings. The minimum atomic E-state index is -4.42. The lowest BCUT2D eigenvalue weighted by molar-refractivity contribution is -0.144. The van der Waals surface area contributed by atoms with Crippen LogP contribution in [0.5, 0.6) is 0 Å². The second-order valence-electron chi connectivity index (χ2n) is 11.7. The van der Waals surface area contributed by atoms with Gasteiger partial charge in [0.1, 0.15) is 17.3 Å². The van der Waals surface area contributed by atoms with Crippen molar-refractivity contribution in [1.29, 1.82) is 0 Å². The molecule has 0 saturated heterocycles. The first-order valence-corrected chi connectivity index (χ1v) is 14.3. The highest BCUT2D eigenvalue weighted by Crippen LogP contribution is 2.43. The highest BCUT2D eigenvalue weighted by atomic mass is 19.4. The van der Waals surface area contributed by atoms with E-state index in [9.17, 15) is 31.5 Å². The van der Waals surface area contributed by atoms with Crippen LogP contribution < -0.4 is 10.6 Å². The zero-order chi connectivity index (χ0) is 30.2. The Balaban J connectivity index is 1.40. The van der Waals surface area contributed by atoms with E-state index in [1.165, 1.54) is 6.20 Å². The molecule has 2 heterocycles. The summed E-state index contributed by atoms with van der Waals surface area (Å²) in [6.45, 7) is 3.77. The molecule has 0 unspecified atom stereocenters. The van der Waals surface area contributed by atoms with E-state index >= 15 is 0 Å². The van der Waals surface area contributed by atoms with Crippen molar-refractivity contribution in [3.05, 3.63) is 47.6 Å². The SMILES string of the molecule is CC(C)n1nccc1C(=O)N[C@H](c1nc2cc([C@@H](NC(=O)CCC(F)(F)F)C3CC3)ccc2o1)C1CCC(F)(F)CC1. The number of aromatic nitrogens is 3. The summed E-state index contributed by atoms with van der Waals surface area (Å²) < 4.78 is 73.5. The minimum Gasteiger partial charge on any atom is -0.438 e. The smallest absolute Gasteiger partial charge is 0.389 e. The van der Waals surface area contributed by atoms with Crippen molar-refractivity contribution < 1.29 is 36.0 Å². The molecule has 2 atom stereocenters. The summed E-state index contributed by atoms with van der Waals surface area (Å²) in [5.41, 5.74) is 1.84. The number of amides is 2. The van der Waals surface area contributed by atoms with E-state index in [-0.39, 0.29) is 49.5 Å². The minimum absolute atomic E-state index is 0.0799. The van der Waals surface area contributed by atoms with Gasteiger partial charge < -0.3 is 15.1 Å². The molecular formula is C29H34F5N5O3. The molecule has 2 saturated carbocycles.